The lowest BCUT2D eigenvalue weighted by Gasteiger charge is -2.30. The number of carbonyl (C=O) groups is 2. The van der Waals surface area contributed by atoms with E-state index in [2.05, 4.69) is 5.32 Å². The summed E-state index contributed by atoms with van der Waals surface area (Å²) >= 11 is 0. The zero-order valence-corrected chi connectivity index (χ0v) is 16.0. The van der Waals surface area contributed by atoms with E-state index in [1.807, 2.05) is 45.0 Å². The molecular weight excluding hydrogens is 332 g/mol. The van der Waals surface area contributed by atoms with Gasteiger partial charge >= 0.3 is 6.09 Å². The summed E-state index contributed by atoms with van der Waals surface area (Å²) in [7, 11) is 0. The van der Waals surface area contributed by atoms with E-state index in [1.54, 1.807) is 4.90 Å². The molecule has 0 aliphatic carbocycles. The van der Waals surface area contributed by atoms with Gasteiger partial charge in [0.05, 0.1) is 13.2 Å². The molecule has 6 heteroatoms. The number of rotatable bonds is 7. The van der Waals surface area contributed by atoms with E-state index in [9.17, 15) is 9.59 Å². The summed E-state index contributed by atoms with van der Waals surface area (Å²) in [5.41, 5.74) is 1.82. The van der Waals surface area contributed by atoms with Gasteiger partial charge in [0.1, 0.15) is 0 Å². The zero-order valence-electron chi connectivity index (χ0n) is 16.0. The number of ether oxygens (including phenoxy) is 2. The number of nitrogens with zero attached hydrogens (tertiary/aromatic N) is 1. The molecule has 0 spiro atoms. The summed E-state index contributed by atoms with van der Waals surface area (Å²) < 4.78 is 10.7. The minimum Gasteiger partial charge on any atom is -0.449 e. The van der Waals surface area contributed by atoms with Crippen molar-refractivity contribution in [3.05, 3.63) is 29.8 Å². The van der Waals surface area contributed by atoms with E-state index < -0.39 is 0 Å². The highest BCUT2D eigenvalue weighted by Crippen LogP contribution is 2.21. The van der Waals surface area contributed by atoms with Gasteiger partial charge in [-0.05, 0) is 43.4 Å². The number of carbonyl (C=O) groups excluding carboxylic acids is 2. The van der Waals surface area contributed by atoms with Crippen LogP contribution in [0.15, 0.2) is 24.3 Å². The molecule has 1 aliphatic heterocycles. The fourth-order valence-corrected chi connectivity index (χ4v) is 2.86. The van der Waals surface area contributed by atoms with Crippen LogP contribution in [0.4, 0.5) is 10.5 Å². The molecular formula is C20H30N2O4. The van der Waals surface area contributed by atoms with Gasteiger partial charge in [-0.15, -0.1) is 0 Å². The average Bonchev–Trinajstić information content (AvgIpc) is 2.64. The van der Waals surface area contributed by atoms with E-state index >= 15 is 0 Å². The number of benzene rings is 1. The van der Waals surface area contributed by atoms with Crippen molar-refractivity contribution in [2.75, 3.05) is 31.6 Å². The smallest absolute Gasteiger partial charge is 0.409 e. The van der Waals surface area contributed by atoms with Gasteiger partial charge in [-0.25, -0.2) is 4.79 Å². The third kappa shape index (κ3) is 6.33. The second-order valence-electron chi connectivity index (χ2n) is 7.06. The van der Waals surface area contributed by atoms with E-state index in [4.69, 9.17) is 9.47 Å². The van der Waals surface area contributed by atoms with Crippen molar-refractivity contribution in [3.8, 4) is 0 Å². The van der Waals surface area contributed by atoms with Crippen LogP contribution in [-0.2, 0) is 20.9 Å². The van der Waals surface area contributed by atoms with Crippen LogP contribution in [0, 0.1) is 11.8 Å². The quantitative estimate of drug-likeness (QED) is 0.804. The molecule has 0 aromatic heterocycles. The molecule has 1 aromatic rings. The highest BCUT2D eigenvalue weighted by molar-refractivity contribution is 5.92. The van der Waals surface area contributed by atoms with Crippen LogP contribution in [0.2, 0.25) is 0 Å². The van der Waals surface area contributed by atoms with Crippen LogP contribution in [0.1, 0.15) is 39.2 Å². The van der Waals surface area contributed by atoms with Crippen molar-refractivity contribution in [3.63, 3.8) is 0 Å². The average molecular weight is 362 g/mol. The van der Waals surface area contributed by atoms with Crippen LogP contribution >= 0.6 is 0 Å². The molecule has 144 valence electrons. The first-order valence-electron chi connectivity index (χ1n) is 9.38. The lowest BCUT2D eigenvalue weighted by molar-refractivity contribution is -0.121. The predicted molar refractivity (Wildman–Crippen MR) is 101 cm³/mol. The Bertz CT molecular complexity index is 595. The molecule has 1 saturated heterocycles. The number of nitrogens with one attached hydrogen (secondary N) is 1. The lowest BCUT2D eigenvalue weighted by atomic mass is 9.96. The summed E-state index contributed by atoms with van der Waals surface area (Å²) in [6.07, 6.45) is 1.03. The van der Waals surface area contributed by atoms with Crippen LogP contribution < -0.4 is 5.32 Å². The fourth-order valence-electron chi connectivity index (χ4n) is 2.86. The Morgan fingerprint density at radius 2 is 2.00 bits per heavy atom. The van der Waals surface area contributed by atoms with Gasteiger partial charge in [-0.3, -0.25) is 4.79 Å². The topological polar surface area (TPSA) is 67.9 Å². The van der Waals surface area contributed by atoms with Crippen molar-refractivity contribution in [2.24, 2.45) is 11.8 Å². The normalized spacial score (nSPS) is 15.2. The van der Waals surface area contributed by atoms with Crippen molar-refractivity contribution in [1.29, 1.82) is 0 Å². The molecule has 1 N–H and O–H groups in total. The number of piperidine rings is 1. The van der Waals surface area contributed by atoms with Crippen molar-refractivity contribution in [2.45, 2.75) is 40.2 Å². The predicted octanol–water partition coefficient (Wildman–Crippen LogP) is 3.67. The van der Waals surface area contributed by atoms with Crippen molar-refractivity contribution < 1.29 is 19.1 Å². The van der Waals surface area contributed by atoms with Gasteiger partial charge in [0.15, 0.2) is 0 Å². The van der Waals surface area contributed by atoms with E-state index in [0.29, 0.717) is 51.7 Å². The maximum atomic E-state index is 12.5. The second-order valence-corrected chi connectivity index (χ2v) is 7.06. The molecule has 0 bridgehead atoms. The van der Waals surface area contributed by atoms with E-state index in [-0.39, 0.29) is 17.9 Å². The SMILES string of the molecule is CCOCc1cccc(NC(=O)C2CCN(C(=O)OCC(C)C)CC2)c1. The van der Waals surface area contributed by atoms with E-state index in [0.717, 1.165) is 11.3 Å². The Labute approximate surface area is 155 Å². The van der Waals surface area contributed by atoms with Gasteiger partial charge in [-0.1, -0.05) is 26.0 Å². The minimum absolute atomic E-state index is 0.00811. The van der Waals surface area contributed by atoms with Gasteiger partial charge in [0.25, 0.3) is 0 Å². The van der Waals surface area contributed by atoms with Gasteiger partial charge in [0, 0.05) is 31.3 Å². The monoisotopic (exact) mass is 362 g/mol. The Hall–Kier alpha value is -2.08. The molecule has 1 aliphatic rings. The maximum Gasteiger partial charge on any atom is 0.409 e. The maximum absolute atomic E-state index is 12.5. The number of amides is 2. The standard InChI is InChI=1S/C20H30N2O4/c1-4-25-14-16-6-5-7-18(12-16)21-19(23)17-8-10-22(11-9-17)20(24)26-13-15(2)3/h5-7,12,15,17H,4,8-11,13-14H2,1-3H3,(H,21,23). The zero-order chi connectivity index (χ0) is 18.9. The molecule has 0 unspecified atom stereocenters. The molecule has 2 rings (SSSR count). The molecule has 1 heterocycles. The van der Waals surface area contributed by atoms with Crippen LogP contribution in [0.25, 0.3) is 0 Å². The third-order valence-electron chi connectivity index (χ3n) is 4.33. The summed E-state index contributed by atoms with van der Waals surface area (Å²) in [6.45, 7) is 8.71. The molecule has 0 radical (unpaired) electrons. The van der Waals surface area contributed by atoms with Gasteiger partial charge in [0.2, 0.25) is 5.91 Å². The molecule has 1 aromatic carbocycles. The molecule has 0 atom stereocenters. The highest BCUT2D eigenvalue weighted by Gasteiger charge is 2.28. The first-order chi connectivity index (χ1) is 12.5. The highest BCUT2D eigenvalue weighted by atomic mass is 16.6. The molecule has 6 nitrogen and oxygen atoms in total. The van der Waals surface area contributed by atoms with Crippen LogP contribution in [0.3, 0.4) is 0 Å². The Balaban J connectivity index is 1.80. The lowest BCUT2D eigenvalue weighted by Crippen LogP contribution is -2.42. The molecule has 1 fully saturated rings. The van der Waals surface area contributed by atoms with Crippen molar-refractivity contribution in [1.82, 2.24) is 4.90 Å². The first kappa shape index (κ1) is 20.2. The Kier molecular flexibility index (Phi) is 7.91. The van der Waals surface area contributed by atoms with Crippen molar-refractivity contribution >= 4 is 17.7 Å². The third-order valence-corrected chi connectivity index (χ3v) is 4.33. The Morgan fingerprint density at radius 3 is 2.65 bits per heavy atom. The number of anilines is 1. The largest absolute Gasteiger partial charge is 0.449 e. The van der Waals surface area contributed by atoms with Crippen LogP contribution in [0.5, 0.6) is 0 Å². The van der Waals surface area contributed by atoms with Crippen LogP contribution in [-0.4, -0.2) is 43.2 Å². The molecule has 26 heavy (non-hydrogen) atoms. The number of hydrogen-bond acceptors (Lipinski definition) is 4. The Morgan fingerprint density at radius 1 is 1.27 bits per heavy atom. The van der Waals surface area contributed by atoms with Gasteiger partial charge < -0.3 is 19.7 Å². The number of hydrogen-bond donors (Lipinski definition) is 1. The fraction of sp³-hybridized carbons (Fsp3) is 0.600. The summed E-state index contributed by atoms with van der Waals surface area (Å²) in [6, 6.07) is 7.71. The van der Waals surface area contributed by atoms with E-state index in [1.165, 1.54) is 0 Å². The number of likely N-dealkylation sites (tertiary alicyclic amines) is 1. The second kappa shape index (κ2) is 10.2. The summed E-state index contributed by atoms with van der Waals surface area (Å²) in [5, 5.41) is 2.98. The van der Waals surface area contributed by atoms with Gasteiger partial charge in [-0.2, -0.15) is 0 Å². The summed E-state index contributed by atoms with van der Waals surface area (Å²) in [5.74, 6) is 0.245. The molecule has 0 saturated carbocycles. The first-order valence-corrected chi connectivity index (χ1v) is 9.38. The minimum atomic E-state index is -0.277. The molecule has 2 amide bonds. The summed E-state index contributed by atoms with van der Waals surface area (Å²) in [4.78, 5) is 26.2.